The van der Waals surface area contributed by atoms with Gasteiger partial charge in [-0.1, -0.05) is 91.0 Å². The van der Waals surface area contributed by atoms with Gasteiger partial charge in [0.25, 0.3) is 0 Å². The smallest absolute Gasteiger partial charge is 0.189 e. The van der Waals surface area contributed by atoms with Crippen LogP contribution in [0.5, 0.6) is 0 Å². The minimum Gasteiger partial charge on any atom is -0.346 e. The Labute approximate surface area is 204 Å². The highest BCUT2D eigenvalue weighted by Gasteiger charge is 2.27. The van der Waals surface area contributed by atoms with Gasteiger partial charge < -0.3 is 10.2 Å². The predicted octanol–water partition coefficient (Wildman–Crippen LogP) is 5.91. The first-order valence-corrected chi connectivity index (χ1v) is 12.5. The lowest BCUT2D eigenvalue weighted by molar-refractivity contribution is 0.151. The molecule has 33 heavy (non-hydrogen) atoms. The predicted molar refractivity (Wildman–Crippen MR) is 142 cm³/mol. The molecular formula is C27H26N4S2. The molecular weight excluding hydrogens is 444 g/mol. The zero-order valence-electron chi connectivity index (χ0n) is 18.3. The maximum atomic E-state index is 5.74. The van der Waals surface area contributed by atoms with E-state index in [4.69, 9.17) is 17.2 Å². The molecule has 0 unspecified atom stereocenters. The fourth-order valence-electron chi connectivity index (χ4n) is 4.31. The summed E-state index contributed by atoms with van der Waals surface area (Å²) in [5.74, 6) is 0. The topological polar surface area (TPSA) is 31.4 Å². The van der Waals surface area contributed by atoms with Crippen LogP contribution in [0.4, 0.5) is 5.13 Å². The van der Waals surface area contributed by atoms with E-state index >= 15 is 0 Å². The van der Waals surface area contributed by atoms with Crippen LogP contribution in [-0.2, 0) is 0 Å². The first kappa shape index (κ1) is 21.8. The van der Waals surface area contributed by atoms with Gasteiger partial charge >= 0.3 is 0 Å². The maximum Gasteiger partial charge on any atom is 0.189 e. The van der Waals surface area contributed by atoms with Crippen LogP contribution in [0.1, 0.15) is 17.2 Å². The Bertz CT molecular complexity index is 1130. The third-order valence-electron chi connectivity index (χ3n) is 5.98. The molecule has 3 aromatic carbocycles. The average molecular weight is 471 g/mol. The molecule has 1 N–H and O–H groups in total. The minimum absolute atomic E-state index is 0.253. The van der Waals surface area contributed by atoms with Crippen LogP contribution in [0.15, 0.2) is 96.4 Å². The van der Waals surface area contributed by atoms with Gasteiger partial charge in [-0.3, -0.25) is 4.90 Å². The van der Waals surface area contributed by atoms with Crippen LogP contribution >= 0.6 is 23.6 Å². The highest BCUT2D eigenvalue weighted by molar-refractivity contribution is 7.80. The van der Waals surface area contributed by atoms with Crippen molar-refractivity contribution in [1.29, 1.82) is 0 Å². The quantitative estimate of drug-likeness (QED) is 0.366. The van der Waals surface area contributed by atoms with Crippen molar-refractivity contribution in [3.8, 4) is 11.3 Å². The molecule has 0 bridgehead atoms. The zero-order chi connectivity index (χ0) is 22.5. The summed E-state index contributed by atoms with van der Waals surface area (Å²) in [6.45, 7) is 3.67. The molecule has 0 spiro atoms. The second-order valence-corrected chi connectivity index (χ2v) is 9.33. The molecule has 0 aliphatic carbocycles. The van der Waals surface area contributed by atoms with Crippen molar-refractivity contribution in [2.75, 3.05) is 31.5 Å². The van der Waals surface area contributed by atoms with Gasteiger partial charge in [-0.25, -0.2) is 4.98 Å². The van der Waals surface area contributed by atoms with E-state index in [1.807, 2.05) is 18.2 Å². The van der Waals surface area contributed by atoms with Crippen LogP contribution in [0.25, 0.3) is 11.3 Å². The van der Waals surface area contributed by atoms with Crippen molar-refractivity contribution in [3.05, 3.63) is 108 Å². The van der Waals surface area contributed by atoms with Crippen molar-refractivity contribution in [3.63, 3.8) is 0 Å². The van der Waals surface area contributed by atoms with Gasteiger partial charge in [-0.2, -0.15) is 0 Å². The number of thiocarbonyl (C=S) groups is 1. The van der Waals surface area contributed by atoms with Crippen molar-refractivity contribution >= 4 is 33.8 Å². The van der Waals surface area contributed by atoms with Gasteiger partial charge in [0.1, 0.15) is 0 Å². The number of nitrogens with zero attached hydrogens (tertiary/aromatic N) is 3. The highest BCUT2D eigenvalue weighted by atomic mass is 32.1. The first-order chi connectivity index (χ1) is 16.3. The van der Waals surface area contributed by atoms with Crippen LogP contribution in [0.2, 0.25) is 0 Å². The number of thiazole rings is 1. The summed E-state index contributed by atoms with van der Waals surface area (Å²) < 4.78 is 0. The summed E-state index contributed by atoms with van der Waals surface area (Å²) in [5, 5.41) is 7.02. The van der Waals surface area contributed by atoms with E-state index in [9.17, 15) is 0 Å². The molecule has 1 aliphatic heterocycles. The average Bonchev–Trinajstić information content (AvgIpc) is 3.35. The number of rotatable bonds is 5. The monoisotopic (exact) mass is 470 g/mol. The number of aromatic nitrogens is 1. The number of benzene rings is 3. The summed E-state index contributed by atoms with van der Waals surface area (Å²) in [6, 6.07) is 32.0. The van der Waals surface area contributed by atoms with Gasteiger partial charge in [-0.15, -0.1) is 11.3 Å². The normalized spacial score (nSPS) is 14.4. The third-order valence-corrected chi connectivity index (χ3v) is 7.10. The third kappa shape index (κ3) is 5.14. The van der Waals surface area contributed by atoms with Gasteiger partial charge in [-0.05, 0) is 23.3 Å². The number of nitrogens with one attached hydrogen (secondary N) is 1. The summed E-state index contributed by atoms with van der Waals surface area (Å²) in [5.41, 5.74) is 4.75. The molecule has 5 rings (SSSR count). The number of anilines is 1. The summed E-state index contributed by atoms with van der Waals surface area (Å²) in [4.78, 5) is 9.53. The van der Waals surface area contributed by atoms with E-state index in [1.165, 1.54) is 11.1 Å². The number of hydrogen-bond acceptors (Lipinski definition) is 4. The molecule has 0 saturated carbocycles. The standard InChI is InChI=1S/C27H26N4S2/c32-27(29-26-28-24(20-33-26)21-10-4-1-5-11-21)31-18-16-30(17-19-31)25(22-12-6-2-7-13-22)23-14-8-3-9-15-23/h1-15,20,25H,16-19H2,(H,28,29,32). The molecule has 1 aliphatic rings. The molecule has 6 heteroatoms. The van der Waals surface area contributed by atoms with Crippen LogP contribution in [0, 0.1) is 0 Å². The number of hydrogen-bond donors (Lipinski definition) is 1. The second kappa shape index (κ2) is 10.3. The number of piperazine rings is 1. The van der Waals surface area contributed by atoms with Crippen molar-refractivity contribution in [2.24, 2.45) is 0 Å². The SMILES string of the molecule is S=C(Nc1nc(-c2ccccc2)cs1)N1CCN(C(c2ccccc2)c2ccccc2)CC1. The largest absolute Gasteiger partial charge is 0.346 e. The van der Waals surface area contributed by atoms with Gasteiger partial charge in [0.2, 0.25) is 0 Å². The molecule has 2 heterocycles. The second-order valence-electron chi connectivity index (χ2n) is 8.08. The Hall–Kier alpha value is -3.06. The fourth-order valence-corrected chi connectivity index (χ4v) is 5.37. The van der Waals surface area contributed by atoms with Crippen LogP contribution in [-0.4, -0.2) is 46.1 Å². The zero-order valence-corrected chi connectivity index (χ0v) is 19.9. The van der Waals surface area contributed by atoms with E-state index in [0.29, 0.717) is 0 Å². The molecule has 1 saturated heterocycles. The molecule has 1 aromatic heterocycles. The molecule has 0 atom stereocenters. The van der Waals surface area contributed by atoms with Crippen molar-refractivity contribution in [2.45, 2.75) is 6.04 Å². The Morgan fingerprint density at radius 1 is 0.788 bits per heavy atom. The lowest BCUT2D eigenvalue weighted by Gasteiger charge is -2.40. The first-order valence-electron chi connectivity index (χ1n) is 11.2. The van der Waals surface area contributed by atoms with Gasteiger partial charge in [0, 0.05) is 37.1 Å². The van der Waals surface area contributed by atoms with E-state index in [2.05, 4.69) is 93.3 Å². The molecule has 166 valence electrons. The highest BCUT2D eigenvalue weighted by Crippen LogP contribution is 2.30. The minimum atomic E-state index is 0.253. The molecule has 4 aromatic rings. The molecule has 4 nitrogen and oxygen atoms in total. The van der Waals surface area contributed by atoms with Gasteiger partial charge in [0.05, 0.1) is 11.7 Å². The van der Waals surface area contributed by atoms with E-state index in [1.54, 1.807) is 11.3 Å². The summed E-state index contributed by atoms with van der Waals surface area (Å²) >= 11 is 7.33. The van der Waals surface area contributed by atoms with Crippen LogP contribution in [0.3, 0.4) is 0 Å². The van der Waals surface area contributed by atoms with E-state index in [0.717, 1.165) is 47.7 Å². The summed E-state index contributed by atoms with van der Waals surface area (Å²) in [6.07, 6.45) is 0. The lowest BCUT2D eigenvalue weighted by atomic mass is 9.96. The van der Waals surface area contributed by atoms with E-state index < -0.39 is 0 Å². The molecule has 0 radical (unpaired) electrons. The van der Waals surface area contributed by atoms with E-state index in [-0.39, 0.29) is 6.04 Å². The Kier molecular flexibility index (Phi) is 6.76. The Morgan fingerprint density at radius 2 is 1.33 bits per heavy atom. The Morgan fingerprint density at radius 3 is 1.91 bits per heavy atom. The van der Waals surface area contributed by atoms with Crippen molar-refractivity contribution < 1.29 is 0 Å². The molecule has 1 fully saturated rings. The Balaban J connectivity index is 1.24. The maximum absolute atomic E-state index is 5.74. The van der Waals surface area contributed by atoms with Gasteiger partial charge in [0.15, 0.2) is 10.2 Å². The lowest BCUT2D eigenvalue weighted by Crippen LogP contribution is -2.50. The van der Waals surface area contributed by atoms with Crippen molar-refractivity contribution in [1.82, 2.24) is 14.8 Å². The molecule has 0 amide bonds. The van der Waals surface area contributed by atoms with Crippen LogP contribution < -0.4 is 5.32 Å². The fraction of sp³-hybridized carbons (Fsp3) is 0.185. The summed E-state index contributed by atoms with van der Waals surface area (Å²) in [7, 11) is 0.